The zero-order valence-electron chi connectivity index (χ0n) is 12.5. The van der Waals surface area contributed by atoms with Crippen molar-refractivity contribution < 1.29 is 14.6 Å². The van der Waals surface area contributed by atoms with E-state index in [2.05, 4.69) is 15.9 Å². The summed E-state index contributed by atoms with van der Waals surface area (Å²) in [6.07, 6.45) is 2.80. The third kappa shape index (κ3) is 1.92. The van der Waals surface area contributed by atoms with Crippen LogP contribution in [0.2, 0.25) is 0 Å². The van der Waals surface area contributed by atoms with E-state index in [9.17, 15) is 9.90 Å². The van der Waals surface area contributed by atoms with E-state index in [0.717, 1.165) is 12.8 Å². The van der Waals surface area contributed by atoms with Crippen LogP contribution in [-0.2, 0) is 11.3 Å². The normalized spacial score (nSPS) is 30.4. The molecule has 0 aliphatic carbocycles. The molecule has 2 aliphatic heterocycles. The van der Waals surface area contributed by atoms with Crippen LogP contribution in [0.4, 0.5) is 0 Å². The highest BCUT2D eigenvalue weighted by Crippen LogP contribution is 2.54. The molecule has 1 aromatic heterocycles. The number of hydrogen-bond donors (Lipinski definition) is 1. The van der Waals surface area contributed by atoms with Crippen LogP contribution in [0, 0.1) is 5.41 Å². The minimum atomic E-state index is -0.819. The molecule has 21 heavy (non-hydrogen) atoms. The molecule has 0 aromatic carbocycles. The van der Waals surface area contributed by atoms with Gasteiger partial charge in [-0.15, -0.1) is 0 Å². The molecule has 6 heteroatoms. The molecule has 1 fully saturated rings. The minimum Gasteiger partial charge on any atom is -0.491 e. The number of halogens is 1. The van der Waals surface area contributed by atoms with Gasteiger partial charge in [0.15, 0.2) is 5.75 Å². The van der Waals surface area contributed by atoms with Gasteiger partial charge < -0.3 is 19.1 Å². The first-order chi connectivity index (χ1) is 9.84. The van der Waals surface area contributed by atoms with Crippen molar-refractivity contribution in [1.82, 2.24) is 4.57 Å². The number of hydrogen-bond acceptors (Lipinski definition) is 4. The van der Waals surface area contributed by atoms with Crippen molar-refractivity contribution in [3.63, 3.8) is 0 Å². The lowest BCUT2D eigenvalue weighted by Crippen LogP contribution is -2.55. The summed E-state index contributed by atoms with van der Waals surface area (Å²) in [4.78, 5) is 12.2. The van der Waals surface area contributed by atoms with Gasteiger partial charge in [0.25, 0.3) is 0 Å². The monoisotopic (exact) mass is 357 g/mol. The lowest BCUT2D eigenvalue weighted by Gasteiger charge is -2.51. The Morgan fingerprint density at radius 2 is 2.24 bits per heavy atom. The van der Waals surface area contributed by atoms with Crippen molar-refractivity contribution in [2.75, 3.05) is 13.7 Å². The summed E-state index contributed by atoms with van der Waals surface area (Å²) in [6.45, 7) is 5.32. The molecule has 1 spiro atoms. The van der Waals surface area contributed by atoms with Gasteiger partial charge in [0.05, 0.1) is 29.4 Å². The first-order valence-electron chi connectivity index (χ1n) is 7.13. The second-order valence-corrected chi connectivity index (χ2v) is 7.28. The van der Waals surface area contributed by atoms with Crippen molar-refractivity contribution in [2.24, 2.45) is 5.41 Å². The van der Waals surface area contributed by atoms with Gasteiger partial charge in [-0.1, -0.05) is 13.8 Å². The van der Waals surface area contributed by atoms with Crippen molar-refractivity contribution in [3.05, 3.63) is 26.6 Å². The molecule has 2 aliphatic rings. The lowest BCUT2D eigenvalue weighted by atomic mass is 9.66. The van der Waals surface area contributed by atoms with Crippen LogP contribution in [0.1, 0.15) is 38.5 Å². The maximum Gasteiger partial charge on any atom is 0.237 e. The van der Waals surface area contributed by atoms with E-state index in [1.807, 2.05) is 18.4 Å². The number of pyridine rings is 1. The molecule has 1 saturated heterocycles. The third-order valence-electron chi connectivity index (χ3n) is 5.08. The molecular weight excluding hydrogens is 338 g/mol. The van der Waals surface area contributed by atoms with Gasteiger partial charge in [-0.3, -0.25) is 4.79 Å². The minimum absolute atomic E-state index is 0.206. The van der Waals surface area contributed by atoms with Gasteiger partial charge in [0.2, 0.25) is 5.43 Å². The number of ether oxygens (including phenoxy) is 2. The number of rotatable bonds is 1. The summed E-state index contributed by atoms with van der Waals surface area (Å²) in [7, 11) is 1.46. The van der Waals surface area contributed by atoms with Crippen molar-refractivity contribution in [3.8, 4) is 5.75 Å². The fourth-order valence-corrected chi connectivity index (χ4v) is 4.06. The van der Waals surface area contributed by atoms with E-state index in [1.54, 1.807) is 6.20 Å². The maximum atomic E-state index is 12.2. The number of methoxy groups -OCH3 is 1. The largest absolute Gasteiger partial charge is 0.491 e. The average molecular weight is 358 g/mol. The average Bonchev–Trinajstić information content (AvgIpc) is 2.90. The maximum absolute atomic E-state index is 12.2. The van der Waals surface area contributed by atoms with Gasteiger partial charge in [-0.25, -0.2) is 0 Å². The molecule has 3 rings (SSSR count). The first kappa shape index (κ1) is 15.1. The second-order valence-electron chi connectivity index (χ2n) is 6.42. The van der Waals surface area contributed by atoms with Crippen LogP contribution >= 0.6 is 15.9 Å². The SMILES string of the molecule is COc1c2n(cc(Br)c1=O)CC1(CCCO1)C(C)(C)C2O. The van der Waals surface area contributed by atoms with Crippen molar-refractivity contribution in [2.45, 2.75) is 44.9 Å². The van der Waals surface area contributed by atoms with Crippen LogP contribution in [0.15, 0.2) is 15.5 Å². The molecule has 5 nitrogen and oxygen atoms in total. The Bertz CT molecular complexity index is 631. The Kier molecular flexibility index (Phi) is 3.46. The van der Waals surface area contributed by atoms with E-state index < -0.39 is 17.1 Å². The van der Waals surface area contributed by atoms with Gasteiger partial charge in [-0.2, -0.15) is 0 Å². The molecule has 0 radical (unpaired) electrons. The number of nitrogens with zero attached hydrogens (tertiary/aromatic N) is 1. The number of aliphatic hydroxyl groups is 1. The molecule has 1 N–H and O–H groups in total. The van der Waals surface area contributed by atoms with E-state index in [4.69, 9.17) is 9.47 Å². The molecule has 3 heterocycles. The quantitative estimate of drug-likeness (QED) is 0.837. The molecule has 2 atom stereocenters. The Hall–Kier alpha value is -0.850. The van der Waals surface area contributed by atoms with Crippen LogP contribution in [0.5, 0.6) is 5.75 Å². The zero-order chi connectivity index (χ0) is 15.4. The Labute approximate surface area is 132 Å². The summed E-state index contributed by atoms with van der Waals surface area (Å²) in [5, 5.41) is 10.9. The Balaban J connectivity index is 2.25. The predicted molar refractivity (Wildman–Crippen MR) is 81.6 cm³/mol. The first-order valence-corrected chi connectivity index (χ1v) is 7.92. The van der Waals surface area contributed by atoms with Crippen molar-refractivity contribution >= 4 is 15.9 Å². The van der Waals surface area contributed by atoms with E-state index in [1.165, 1.54) is 7.11 Å². The summed E-state index contributed by atoms with van der Waals surface area (Å²) in [5.74, 6) is 0.206. The highest BCUT2D eigenvalue weighted by molar-refractivity contribution is 9.10. The number of fused-ring (bicyclic) bond motifs is 1. The van der Waals surface area contributed by atoms with Gasteiger partial charge in [0, 0.05) is 18.2 Å². The number of aromatic nitrogens is 1. The zero-order valence-corrected chi connectivity index (χ0v) is 14.1. The van der Waals surface area contributed by atoms with E-state index in [-0.39, 0.29) is 11.2 Å². The molecule has 0 saturated carbocycles. The second kappa shape index (κ2) is 4.83. The predicted octanol–water partition coefficient (Wildman–Crippen LogP) is 2.24. The standard InChI is InChI=1S/C15H20BrNO4/c1-14(2)13(19)10-12(20-3)11(18)9(16)7-17(10)8-15(14)5-4-6-21-15/h7,13,19H,4-6,8H2,1-3H3. The van der Waals surface area contributed by atoms with Crippen molar-refractivity contribution in [1.29, 1.82) is 0 Å². The van der Waals surface area contributed by atoms with Crippen LogP contribution < -0.4 is 10.2 Å². The van der Waals surface area contributed by atoms with Crippen LogP contribution in [-0.4, -0.2) is 29.0 Å². The summed E-state index contributed by atoms with van der Waals surface area (Å²) in [5.41, 5.74) is -0.589. The summed E-state index contributed by atoms with van der Waals surface area (Å²) in [6, 6.07) is 0. The molecule has 0 amide bonds. The molecule has 0 bridgehead atoms. The third-order valence-corrected chi connectivity index (χ3v) is 5.65. The Morgan fingerprint density at radius 1 is 1.52 bits per heavy atom. The molecule has 1 aromatic rings. The Morgan fingerprint density at radius 3 is 2.81 bits per heavy atom. The van der Waals surface area contributed by atoms with E-state index >= 15 is 0 Å². The highest BCUT2D eigenvalue weighted by Gasteiger charge is 2.56. The summed E-state index contributed by atoms with van der Waals surface area (Å²) < 4.78 is 13.7. The molecular formula is C15H20BrNO4. The van der Waals surface area contributed by atoms with Gasteiger partial charge in [0.1, 0.15) is 6.10 Å². The topological polar surface area (TPSA) is 60.7 Å². The molecule has 2 unspecified atom stereocenters. The fourth-order valence-electron chi connectivity index (χ4n) is 3.63. The summed E-state index contributed by atoms with van der Waals surface area (Å²) >= 11 is 3.28. The number of aliphatic hydroxyl groups excluding tert-OH is 1. The molecule has 116 valence electrons. The van der Waals surface area contributed by atoms with Gasteiger partial charge >= 0.3 is 0 Å². The van der Waals surface area contributed by atoms with E-state index in [0.29, 0.717) is 23.3 Å². The van der Waals surface area contributed by atoms with Gasteiger partial charge in [-0.05, 0) is 28.8 Å². The smallest absolute Gasteiger partial charge is 0.237 e. The van der Waals surface area contributed by atoms with Crippen LogP contribution in [0.25, 0.3) is 0 Å². The highest BCUT2D eigenvalue weighted by atomic mass is 79.9. The lowest BCUT2D eigenvalue weighted by molar-refractivity contribution is -0.164. The fraction of sp³-hybridized carbons (Fsp3) is 0.667. The van der Waals surface area contributed by atoms with Crippen LogP contribution in [0.3, 0.4) is 0 Å².